The van der Waals surface area contributed by atoms with Crippen LogP contribution in [-0.4, -0.2) is 24.1 Å². The van der Waals surface area contributed by atoms with Crippen LogP contribution >= 0.6 is 11.8 Å². The third-order valence-corrected chi connectivity index (χ3v) is 3.91. The van der Waals surface area contributed by atoms with Crippen molar-refractivity contribution in [3.8, 4) is 5.75 Å². The van der Waals surface area contributed by atoms with Crippen LogP contribution in [0, 0.1) is 13.8 Å². The molecule has 0 atom stereocenters. The molecule has 19 heavy (non-hydrogen) atoms. The molecule has 0 aliphatic rings. The molecule has 0 bridgehead atoms. The second kappa shape index (κ2) is 5.93. The Kier molecular flexibility index (Phi) is 4.27. The van der Waals surface area contributed by atoms with Crippen LogP contribution in [0.25, 0.3) is 0 Å². The first-order valence-corrected chi connectivity index (χ1v) is 6.79. The Balaban J connectivity index is 2.37. The van der Waals surface area contributed by atoms with Crippen LogP contribution in [0.4, 0.5) is 5.82 Å². The highest BCUT2D eigenvalue weighted by atomic mass is 32.2. The minimum atomic E-state index is 0.676. The number of anilines is 1. The van der Waals surface area contributed by atoms with E-state index >= 15 is 0 Å². The first kappa shape index (κ1) is 13.7. The van der Waals surface area contributed by atoms with Crippen molar-refractivity contribution in [2.45, 2.75) is 23.8 Å². The van der Waals surface area contributed by atoms with E-state index in [9.17, 15) is 0 Å². The topological polar surface area (TPSA) is 47.0 Å². The Morgan fingerprint density at radius 3 is 2.63 bits per heavy atom. The number of nitrogens with zero attached hydrogens (tertiary/aromatic N) is 2. The van der Waals surface area contributed by atoms with Crippen LogP contribution in [0.15, 0.2) is 34.4 Å². The second-order valence-electron chi connectivity index (χ2n) is 4.18. The van der Waals surface area contributed by atoms with Crippen molar-refractivity contribution < 1.29 is 4.74 Å². The van der Waals surface area contributed by atoms with Gasteiger partial charge in [-0.2, -0.15) is 0 Å². The summed E-state index contributed by atoms with van der Waals surface area (Å²) in [5.41, 5.74) is 2.49. The SMILES string of the molecule is CNc1ncnc(Sc2ccc(C)cc2C)c1OC. The summed E-state index contributed by atoms with van der Waals surface area (Å²) < 4.78 is 5.39. The van der Waals surface area contributed by atoms with Crippen LogP contribution in [-0.2, 0) is 0 Å². The number of methoxy groups -OCH3 is 1. The minimum Gasteiger partial charge on any atom is -0.490 e. The summed E-state index contributed by atoms with van der Waals surface area (Å²) in [6.45, 7) is 4.19. The molecule has 0 aliphatic carbocycles. The van der Waals surface area contributed by atoms with E-state index in [4.69, 9.17) is 4.74 Å². The zero-order valence-corrected chi connectivity index (χ0v) is 12.3. The predicted molar refractivity (Wildman–Crippen MR) is 78.2 cm³/mol. The summed E-state index contributed by atoms with van der Waals surface area (Å²) in [5, 5.41) is 3.82. The lowest BCUT2D eigenvalue weighted by molar-refractivity contribution is 0.400. The van der Waals surface area contributed by atoms with Gasteiger partial charge in [-0.05, 0) is 25.5 Å². The molecular weight excluding hydrogens is 258 g/mol. The lowest BCUT2D eigenvalue weighted by Crippen LogP contribution is -2.00. The lowest BCUT2D eigenvalue weighted by Gasteiger charge is -2.11. The van der Waals surface area contributed by atoms with Crippen LogP contribution in [0.3, 0.4) is 0 Å². The van der Waals surface area contributed by atoms with E-state index in [0.29, 0.717) is 11.6 Å². The Hall–Kier alpha value is -1.75. The van der Waals surface area contributed by atoms with E-state index in [1.807, 2.05) is 7.05 Å². The van der Waals surface area contributed by atoms with Crippen molar-refractivity contribution in [1.29, 1.82) is 0 Å². The molecule has 0 aliphatic heterocycles. The molecule has 0 spiro atoms. The molecule has 0 saturated heterocycles. The predicted octanol–water partition coefficient (Wildman–Crippen LogP) is 3.29. The molecule has 1 heterocycles. The third kappa shape index (κ3) is 2.98. The van der Waals surface area contributed by atoms with Crippen LogP contribution in [0.2, 0.25) is 0 Å². The molecule has 2 aromatic rings. The molecule has 5 heteroatoms. The molecule has 4 nitrogen and oxygen atoms in total. The van der Waals surface area contributed by atoms with Gasteiger partial charge in [-0.15, -0.1) is 0 Å². The number of benzene rings is 1. The fraction of sp³-hybridized carbons (Fsp3) is 0.286. The van der Waals surface area contributed by atoms with Crippen molar-refractivity contribution >= 4 is 17.6 Å². The Morgan fingerprint density at radius 2 is 2.00 bits per heavy atom. The molecule has 1 aromatic heterocycles. The normalized spacial score (nSPS) is 10.3. The Morgan fingerprint density at radius 1 is 1.21 bits per heavy atom. The van der Waals surface area contributed by atoms with Gasteiger partial charge < -0.3 is 10.1 Å². The maximum atomic E-state index is 5.39. The number of rotatable bonds is 4. The van der Waals surface area contributed by atoms with E-state index in [-0.39, 0.29) is 0 Å². The van der Waals surface area contributed by atoms with E-state index < -0.39 is 0 Å². The maximum absolute atomic E-state index is 5.39. The molecule has 0 saturated carbocycles. The maximum Gasteiger partial charge on any atom is 0.194 e. The van der Waals surface area contributed by atoms with Gasteiger partial charge >= 0.3 is 0 Å². The minimum absolute atomic E-state index is 0.676. The molecule has 100 valence electrons. The number of hydrogen-bond acceptors (Lipinski definition) is 5. The van der Waals surface area contributed by atoms with Crippen molar-refractivity contribution in [3.05, 3.63) is 35.7 Å². The van der Waals surface area contributed by atoms with E-state index in [2.05, 4.69) is 47.3 Å². The van der Waals surface area contributed by atoms with Gasteiger partial charge in [0.25, 0.3) is 0 Å². The van der Waals surface area contributed by atoms with Gasteiger partial charge in [0.05, 0.1) is 7.11 Å². The van der Waals surface area contributed by atoms with Gasteiger partial charge in [0.1, 0.15) is 11.4 Å². The summed E-state index contributed by atoms with van der Waals surface area (Å²) >= 11 is 1.59. The number of aromatic nitrogens is 2. The highest BCUT2D eigenvalue weighted by molar-refractivity contribution is 7.99. The monoisotopic (exact) mass is 275 g/mol. The average Bonchev–Trinajstić information content (AvgIpc) is 2.41. The summed E-state index contributed by atoms with van der Waals surface area (Å²) in [6.07, 6.45) is 1.54. The highest BCUT2D eigenvalue weighted by Gasteiger charge is 2.13. The van der Waals surface area contributed by atoms with Gasteiger partial charge in [-0.25, -0.2) is 9.97 Å². The largest absolute Gasteiger partial charge is 0.490 e. The zero-order valence-electron chi connectivity index (χ0n) is 11.5. The fourth-order valence-electron chi connectivity index (χ4n) is 1.81. The van der Waals surface area contributed by atoms with Crippen molar-refractivity contribution in [3.63, 3.8) is 0 Å². The molecule has 1 N–H and O–H groups in total. The summed E-state index contributed by atoms with van der Waals surface area (Å²) in [4.78, 5) is 9.62. The molecule has 0 radical (unpaired) electrons. The lowest BCUT2D eigenvalue weighted by atomic mass is 10.2. The Labute approximate surface area is 117 Å². The first-order valence-electron chi connectivity index (χ1n) is 5.97. The van der Waals surface area contributed by atoms with E-state index in [1.54, 1.807) is 25.2 Å². The quantitative estimate of drug-likeness (QED) is 0.868. The van der Waals surface area contributed by atoms with Crippen molar-refractivity contribution in [2.75, 3.05) is 19.5 Å². The van der Waals surface area contributed by atoms with Crippen LogP contribution in [0.1, 0.15) is 11.1 Å². The molecule has 2 rings (SSSR count). The standard InChI is InChI=1S/C14H17N3OS/c1-9-5-6-11(10(2)7-9)19-14-12(18-4)13(15-3)16-8-17-14/h5-8H,1-4H3,(H,15,16,17). The fourth-order valence-corrected chi connectivity index (χ4v) is 2.75. The highest BCUT2D eigenvalue weighted by Crippen LogP contribution is 2.37. The number of nitrogens with one attached hydrogen (secondary N) is 1. The number of hydrogen-bond donors (Lipinski definition) is 1. The average molecular weight is 275 g/mol. The summed E-state index contributed by atoms with van der Waals surface area (Å²) in [6, 6.07) is 6.37. The molecular formula is C14H17N3OS. The third-order valence-electron chi connectivity index (χ3n) is 2.75. The van der Waals surface area contributed by atoms with Gasteiger partial charge in [0, 0.05) is 11.9 Å². The zero-order chi connectivity index (χ0) is 13.8. The van der Waals surface area contributed by atoms with E-state index in [1.165, 1.54) is 16.0 Å². The van der Waals surface area contributed by atoms with Crippen LogP contribution < -0.4 is 10.1 Å². The van der Waals surface area contributed by atoms with Gasteiger partial charge in [-0.3, -0.25) is 0 Å². The smallest absolute Gasteiger partial charge is 0.194 e. The molecule has 0 fully saturated rings. The van der Waals surface area contributed by atoms with Gasteiger partial charge in [0.15, 0.2) is 11.6 Å². The van der Waals surface area contributed by atoms with Crippen molar-refractivity contribution in [1.82, 2.24) is 9.97 Å². The number of ether oxygens (including phenoxy) is 1. The van der Waals surface area contributed by atoms with Crippen LogP contribution in [0.5, 0.6) is 5.75 Å². The molecule has 0 unspecified atom stereocenters. The number of aryl methyl sites for hydroxylation is 2. The van der Waals surface area contributed by atoms with Gasteiger partial charge in [0.2, 0.25) is 0 Å². The summed E-state index contributed by atoms with van der Waals surface area (Å²) in [7, 11) is 3.45. The van der Waals surface area contributed by atoms with Crippen molar-refractivity contribution in [2.24, 2.45) is 0 Å². The molecule has 0 amide bonds. The summed E-state index contributed by atoms with van der Waals surface area (Å²) in [5.74, 6) is 1.37. The van der Waals surface area contributed by atoms with Gasteiger partial charge in [-0.1, -0.05) is 29.5 Å². The first-order chi connectivity index (χ1) is 9.15. The second-order valence-corrected chi connectivity index (χ2v) is 5.21. The van der Waals surface area contributed by atoms with E-state index in [0.717, 1.165) is 5.03 Å². The molecule has 1 aromatic carbocycles. The Bertz CT molecular complexity index is 587.